The van der Waals surface area contributed by atoms with Gasteiger partial charge in [-0.25, -0.2) is 18.7 Å². The van der Waals surface area contributed by atoms with Crippen LogP contribution in [0, 0.1) is 12.7 Å². The Balaban J connectivity index is 2.01. The van der Waals surface area contributed by atoms with Crippen molar-refractivity contribution in [1.29, 1.82) is 0 Å². The van der Waals surface area contributed by atoms with Gasteiger partial charge in [-0.1, -0.05) is 6.07 Å². The highest BCUT2D eigenvalue weighted by Crippen LogP contribution is 2.29. The predicted molar refractivity (Wildman–Crippen MR) is 97.7 cm³/mol. The van der Waals surface area contributed by atoms with E-state index in [1.807, 2.05) is 19.1 Å². The van der Waals surface area contributed by atoms with Gasteiger partial charge in [0.1, 0.15) is 11.4 Å². The van der Waals surface area contributed by atoms with Crippen LogP contribution in [0.1, 0.15) is 16.1 Å². The fourth-order valence-corrected chi connectivity index (χ4v) is 2.96. The van der Waals surface area contributed by atoms with Crippen LogP contribution in [-0.4, -0.2) is 32.7 Å². The molecule has 0 saturated carbocycles. The Morgan fingerprint density at radius 3 is 2.59 bits per heavy atom. The number of carbonyl (C=O) groups excluding carboxylic acids is 1. The monoisotopic (exact) mass is 362 g/mol. The van der Waals surface area contributed by atoms with E-state index in [-0.39, 0.29) is 5.82 Å². The van der Waals surface area contributed by atoms with Gasteiger partial charge in [0.15, 0.2) is 11.5 Å². The maximum atomic E-state index is 13.2. The first-order valence-corrected chi connectivity index (χ1v) is 8.23. The van der Waals surface area contributed by atoms with Gasteiger partial charge in [-0.3, -0.25) is 4.98 Å². The zero-order valence-electron chi connectivity index (χ0n) is 14.7. The number of ether oxygens (including phenoxy) is 1. The third-order valence-electron chi connectivity index (χ3n) is 4.25. The van der Waals surface area contributed by atoms with Crippen molar-refractivity contribution in [1.82, 2.24) is 19.6 Å². The highest BCUT2D eigenvalue weighted by molar-refractivity contribution is 6.03. The Kier molecular flexibility index (Phi) is 4.12. The second-order valence-corrected chi connectivity index (χ2v) is 5.99. The number of nitrogens with zero attached hydrogens (tertiary/aromatic N) is 4. The van der Waals surface area contributed by atoms with Crippen LogP contribution in [0.4, 0.5) is 4.39 Å². The summed E-state index contributed by atoms with van der Waals surface area (Å²) in [6.45, 7) is 1.87. The molecule has 27 heavy (non-hydrogen) atoms. The lowest BCUT2D eigenvalue weighted by atomic mass is 10.0. The van der Waals surface area contributed by atoms with Crippen LogP contribution in [0.5, 0.6) is 0 Å². The largest absolute Gasteiger partial charge is 0.465 e. The maximum Gasteiger partial charge on any atom is 0.342 e. The maximum absolute atomic E-state index is 13.2. The number of benzene rings is 1. The quantitative estimate of drug-likeness (QED) is 0.520. The molecule has 7 heteroatoms. The van der Waals surface area contributed by atoms with E-state index in [0.29, 0.717) is 28.2 Å². The molecule has 0 atom stereocenters. The number of hydrogen-bond acceptors (Lipinski definition) is 5. The number of carbonyl (C=O) groups is 1. The Bertz CT molecular complexity index is 1140. The van der Waals surface area contributed by atoms with Gasteiger partial charge < -0.3 is 4.74 Å². The molecule has 134 valence electrons. The fourth-order valence-electron chi connectivity index (χ4n) is 2.96. The summed E-state index contributed by atoms with van der Waals surface area (Å²) in [5.41, 5.74) is 3.56. The topological polar surface area (TPSA) is 69.4 Å². The second kappa shape index (κ2) is 6.60. The Morgan fingerprint density at radius 2 is 1.93 bits per heavy atom. The van der Waals surface area contributed by atoms with Crippen LogP contribution >= 0.6 is 0 Å². The smallest absolute Gasteiger partial charge is 0.342 e. The van der Waals surface area contributed by atoms with E-state index in [9.17, 15) is 9.18 Å². The number of esters is 1. The zero-order chi connectivity index (χ0) is 19.0. The number of pyridine rings is 2. The van der Waals surface area contributed by atoms with Gasteiger partial charge in [0.05, 0.1) is 7.11 Å². The second-order valence-electron chi connectivity index (χ2n) is 5.99. The van der Waals surface area contributed by atoms with Crippen LogP contribution < -0.4 is 0 Å². The summed E-state index contributed by atoms with van der Waals surface area (Å²) in [7, 11) is 1.32. The summed E-state index contributed by atoms with van der Waals surface area (Å²) in [5.74, 6) is -0.462. The molecule has 4 rings (SSSR count). The molecule has 0 aliphatic heterocycles. The minimum atomic E-state index is -0.517. The van der Waals surface area contributed by atoms with E-state index in [1.165, 1.54) is 19.2 Å². The Morgan fingerprint density at radius 1 is 1.15 bits per heavy atom. The number of fused-ring (bicyclic) bond motifs is 1. The van der Waals surface area contributed by atoms with Gasteiger partial charge >= 0.3 is 5.97 Å². The molecule has 0 bridgehead atoms. The molecule has 6 nitrogen and oxygen atoms in total. The number of aromatic nitrogens is 4. The van der Waals surface area contributed by atoms with Gasteiger partial charge in [0.25, 0.3) is 0 Å². The lowest BCUT2D eigenvalue weighted by Gasteiger charge is -2.10. The lowest BCUT2D eigenvalue weighted by molar-refractivity contribution is 0.0603. The van der Waals surface area contributed by atoms with Gasteiger partial charge in [-0.15, -0.1) is 5.10 Å². The van der Waals surface area contributed by atoms with Gasteiger partial charge in [-0.05, 0) is 43.3 Å². The highest BCUT2D eigenvalue weighted by atomic mass is 19.1. The molecule has 3 heterocycles. The van der Waals surface area contributed by atoms with E-state index in [1.54, 1.807) is 35.1 Å². The molecule has 0 unspecified atom stereocenters. The van der Waals surface area contributed by atoms with Crippen LogP contribution in [-0.2, 0) is 4.74 Å². The predicted octanol–water partition coefficient (Wildman–Crippen LogP) is 3.69. The molecule has 0 fully saturated rings. The first-order valence-electron chi connectivity index (χ1n) is 8.23. The molecule has 0 aliphatic carbocycles. The van der Waals surface area contributed by atoms with Gasteiger partial charge in [0, 0.05) is 34.8 Å². The summed E-state index contributed by atoms with van der Waals surface area (Å²) in [5, 5.41) is 4.48. The summed E-state index contributed by atoms with van der Waals surface area (Å²) >= 11 is 0. The molecular weight excluding hydrogens is 347 g/mol. The van der Waals surface area contributed by atoms with Crippen molar-refractivity contribution in [3.8, 4) is 22.5 Å². The first-order chi connectivity index (χ1) is 13.1. The Labute approximate surface area is 154 Å². The van der Waals surface area contributed by atoms with Crippen molar-refractivity contribution in [3.63, 3.8) is 0 Å². The van der Waals surface area contributed by atoms with Crippen LogP contribution in [0.3, 0.4) is 0 Å². The molecule has 0 aliphatic rings. The van der Waals surface area contributed by atoms with Crippen molar-refractivity contribution >= 4 is 11.6 Å². The summed E-state index contributed by atoms with van der Waals surface area (Å²) in [6.07, 6.45) is 3.34. The van der Waals surface area contributed by atoms with Crippen molar-refractivity contribution < 1.29 is 13.9 Å². The normalized spacial score (nSPS) is 10.9. The van der Waals surface area contributed by atoms with Crippen molar-refractivity contribution in [2.24, 2.45) is 0 Å². The van der Waals surface area contributed by atoms with E-state index >= 15 is 0 Å². The van der Waals surface area contributed by atoms with Crippen LogP contribution in [0.15, 0.2) is 54.9 Å². The SMILES string of the molecule is COC(=O)c1c(-c2cccnc2)cc(C)n2nc(-c3ccc(F)cc3)nc12. The molecule has 0 amide bonds. The standard InChI is InChI=1S/C20H15FN4O2/c1-12-10-16(14-4-3-9-22-11-14)17(20(26)27-2)19-23-18(24-25(12)19)13-5-7-15(21)8-6-13/h3-11H,1-2H3. The number of aryl methyl sites for hydroxylation is 1. The van der Waals surface area contributed by atoms with E-state index in [4.69, 9.17) is 4.74 Å². The first kappa shape index (κ1) is 16.8. The van der Waals surface area contributed by atoms with E-state index in [2.05, 4.69) is 15.1 Å². The molecule has 0 saturated heterocycles. The zero-order valence-corrected chi connectivity index (χ0v) is 14.7. The van der Waals surface area contributed by atoms with Crippen LogP contribution in [0.25, 0.3) is 28.2 Å². The molecular formula is C20H15FN4O2. The van der Waals surface area contributed by atoms with E-state index in [0.717, 1.165) is 11.3 Å². The average Bonchev–Trinajstić information content (AvgIpc) is 3.14. The molecule has 0 spiro atoms. The number of hydrogen-bond donors (Lipinski definition) is 0. The van der Waals surface area contributed by atoms with Gasteiger partial charge in [0.2, 0.25) is 0 Å². The molecule has 3 aromatic heterocycles. The fraction of sp³-hybridized carbons (Fsp3) is 0.100. The van der Waals surface area contributed by atoms with Crippen molar-refractivity contribution in [2.45, 2.75) is 6.92 Å². The van der Waals surface area contributed by atoms with E-state index < -0.39 is 5.97 Å². The third-order valence-corrected chi connectivity index (χ3v) is 4.25. The summed E-state index contributed by atoms with van der Waals surface area (Å²) < 4.78 is 19.8. The molecule has 1 aromatic carbocycles. The Hall–Kier alpha value is -3.61. The lowest BCUT2D eigenvalue weighted by Crippen LogP contribution is -2.09. The number of methoxy groups -OCH3 is 1. The average molecular weight is 362 g/mol. The van der Waals surface area contributed by atoms with Crippen molar-refractivity contribution in [3.05, 3.63) is 71.9 Å². The van der Waals surface area contributed by atoms with Gasteiger partial charge in [-0.2, -0.15) is 0 Å². The van der Waals surface area contributed by atoms with Crippen molar-refractivity contribution in [2.75, 3.05) is 7.11 Å². The number of rotatable bonds is 3. The molecule has 0 radical (unpaired) electrons. The minimum absolute atomic E-state index is 0.303. The highest BCUT2D eigenvalue weighted by Gasteiger charge is 2.23. The van der Waals surface area contributed by atoms with Crippen LogP contribution in [0.2, 0.25) is 0 Å². The molecule has 0 N–H and O–H groups in total. The summed E-state index contributed by atoms with van der Waals surface area (Å²) in [4.78, 5) is 21.2. The third kappa shape index (κ3) is 2.93. The number of halogens is 1. The molecule has 4 aromatic rings. The summed E-state index contributed by atoms with van der Waals surface area (Å²) in [6, 6.07) is 11.4. The minimum Gasteiger partial charge on any atom is -0.465 e.